The van der Waals surface area contributed by atoms with E-state index in [4.69, 9.17) is 18.9 Å². The van der Waals surface area contributed by atoms with Gasteiger partial charge in [-0.1, -0.05) is 139 Å². The van der Waals surface area contributed by atoms with E-state index >= 15 is 0 Å². The predicted octanol–water partition coefficient (Wildman–Crippen LogP) is 9.34. The van der Waals surface area contributed by atoms with E-state index in [9.17, 15) is 37.9 Å². The quantitative estimate of drug-likeness (QED) is 0.0201. The second-order valence-corrected chi connectivity index (χ2v) is 17.2. The molecule has 1 rings (SSSR count). The van der Waals surface area contributed by atoms with Crippen molar-refractivity contribution in [2.45, 2.75) is 205 Å². The molecule has 6 atom stereocenters. The molecule has 0 bridgehead atoms. The van der Waals surface area contributed by atoms with Crippen LogP contribution in [0.5, 0.6) is 0 Å². The van der Waals surface area contributed by atoms with Crippen LogP contribution < -0.4 is 0 Å². The first kappa shape index (κ1) is 55.4. The Kier molecular flexibility index (Phi) is 34.1. The molecule has 0 spiro atoms. The number of hydrogen-bond donors (Lipinski definition) is 4. The number of hydrogen-bond acceptors (Lipinski definition) is 11. The summed E-state index contributed by atoms with van der Waals surface area (Å²) in [5, 5.41) is 30.9. The number of allylic oxidation sites excluding steroid dienone is 10. The number of aliphatic hydroxyl groups is 3. The largest absolute Gasteiger partial charge is 0.462 e. The average Bonchev–Trinajstić information content (AvgIpc) is 3.21. The van der Waals surface area contributed by atoms with Gasteiger partial charge in [0.2, 0.25) is 0 Å². The van der Waals surface area contributed by atoms with Gasteiger partial charge in [-0.25, -0.2) is 0 Å². The number of aliphatic hydroxyl groups excluding tert-OH is 3. The normalized spacial score (nSPS) is 20.7. The van der Waals surface area contributed by atoms with Crippen molar-refractivity contribution in [1.82, 2.24) is 0 Å². The van der Waals surface area contributed by atoms with Gasteiger partial charge in [-0.05, 0) is 77.0 Å². The van der Waals surface area contributed by atoms with Gasteiger partial charge in [-0.3, -0.25) is 14.1 Å². The molecule has 1 saturated heterocycles. The highest BCUT2D eigenvalue weighted by molar-refractivity contribution is 7.85. The number of ether oxygens (including phenoxy) is 4. The highest BCUT2D eigenvalue weighted by Crippen LogP contribution is 2.24. The molecule has 346 valence electrons. The summed E-state index contributed by atoms with van der Waals surface area (Å²) in [6, 6.07) is 0. The van der Waals surface area contributed by atoms with Crippen molar-refractivity contribution in [3.8, 4) is 0 Å². The molecule has 0 aliphatic carbocycles. The number of rotatable bonds is 37. The molecule has 0 saturated carbocycles. The molecule has 0 aromatic heterocycles. The summed E-state index contributed by atoms with van der Waals surface area (Å²) in [4.78, 5) is 25.4. The first-order valence-electron chi connectivity index (χ1n) is 22.8. The minimum atomic E-state index is -4.61. The molecule has 0 aromatic rings. The molecule has 4 N–H and O–H groups in total. The highest BCUT2D eigenvalue weighted by Gasteiger charge is 2.46. The smallest absolute Gasteiger partial charge is 0.306 e. The summed E-state index contributed by atoms with van der Waals surface area (Å²) in [6.45, 7) is 3.64. The fourth-order valence-corrected chi connectivity index (χ4v) is 7.18. The lowest BCUT2D eigenvalue weighted by atomic mass is 10.00. The van der Waals surface area contributed by atoms with Crippen molar-refractivity contribution in [2.75, 3.05) is 19.0 Å². The average molecular weight is 869 g/mol. The van der Waals surface area contributed by atoms with Crippen LogP contribution in [-0.2, 0) is 38.7 Å². The third-order valence-electron chi connectivity index (χ3n) is 10.1. The molecule has 1 heterocycles. The number of esters is 2. The van der Waals surface area contributed by atoms with E-state index in [1.165, 1.54) is 57.8 Å². The lowest BCUT2D eigenvalue weighted by Gasteiger charge is -2.40. The number of carbonyl (C=O) groups excluding carboxylic acids is 2. The monoisotopic (exact) mass is 869 g/mol. The third kappa shape index (κ3) is 31.2. The summed E-state index contributed by atoms with van der Waals surface area (Å²) < 4.78 is 54.0. The van der Waals surface area contributed by atoms with E-state index in [-0.39, 0.29) is 19.4 Å². The lowest BCUT2D eigenvalue weighted by molar-refractivity contribution is -0.297. The zero-order valence-corrected chi connectivity index (χ0v) is 37.6. The van der Waals surface area contributed by atoms with Crippen molar-refractivity contribution in [1.29, 1.82) is 0 Å². The van der Waals surface area contributed by atoms with Crippen LogP contribution in [0.4, 0.5) is 0 Å². The Hall–Kier alpha value is -2.65. The van der Waals surface area contributed by atoms with E-state index < -0.39 is 71.2 Å². The van der Waals surface area contributed by atoms with Gasteiger partial charge in [-0.2, -0.15) is 8.42 Å². The van der Waals surface area contributed by atoms with Crippen molar-refractivity contribution >= 4 is 22.1 Å². The molecule has 0 amide bonds. The number of carbonyl (C=O) groups is 2. The van der Waals surface area contributed by atoms with Crippen molar-refractivity contribution in [2.24, 2.45) is 0 Å². The van der Waals surface area contributed by atoms with Crippen LogP contribution in [0.25, 0.3) is 0 Å². The summed E-state index contributed by atoms with van der Waals surface area (Å²) in [5.41, 5.74) is 0. The van der Waals surface area contributed by atoms with Crippen molar-refractivity contribution in [3.05, 3.63) is 60.8 Å². The SMILES string of the molecule is CCC/C=C/C/C=C/C/C=C/C/C=C/CCCCCC(=O)O[C@H](COC(=O)CCCCCCCCC/C=C/CCCCCC)CO[C@H]1O[C@H](CS(=O)(=O)O)[C@@H](O)C(O)C1O. The molecule has 0 radical (unpaired) electrons. The molecular formula is C47H80O12S. The second-order valence-electron chi connectivity index (χ2n) is 15.7. The minimum Gasteiger partial charge on any atom is -0.462 e. The van der Waals surface area contributed by atoms with Gasteiger partial charge in [0.25, 0.3) is 10.1 Å². The van der Waals surface area contributed by atoms with Gasteiger partial charge in [0.1, 0.15) is 36.8 Å². The summed E-state index contributed by atoms with van der Waals surface area (Å²) in [5.74, 6) is -2.04. The van der Waals surface area contributed by atoms with Crippen LogP contribution in [0, 0.1) is 0 Å². The summed E-state index contributed by atoms with van der Waals surface area (Å²) in [7, 11) is -4.61. The van der Waals surface area contributed by atoms with Crippen molar-refractivity contribution < 1.29 is 56.8 Å². The Balaban J connectivity index is 2.48. The van der Waals surface area contributed by atoms with Gasteiger partial charge in [-0.15, -0.1) is 0 Å². The van der Waals surface area contributed by atoms with Crippen molar-refractivity contribution in [3.63, 3.8) is 0 Å². The van der Waals surface area contributed by atoms with E-state index in [1.54, 1.807) is 0 Å². The molecule has 12 nitrogen and oxygen atoms in total. The molecule has 60 heavy (non-hydrogen) atoms. The Labute approximate surface area is 362 Å². The number of unbranched alkanes of at least 4 members (excludes halogenated alkanes) is 15. The standard InChI is InChI=1S/C47H80O12S/c1-3-5-7-9-11-13-15-17-19-20-22-24-26-28-30-32-34-36-43(49)58-40(38-57-47-46(52)45(51)44(50)41(59-47)39-60(53,54)55)37-56-42(48)35-33-31-29-27-25-23-21-18-16-14-12-10-8-6-4-2/h7,9,13-16,19-20,24,26,40-41,44-47,50-52H,3-6,8,10-12,17-18,21-23,25,27-39H2,1-2H3,(H,53,54,55)/b9-7+,15-13+,16-14+,20-19+,26-24+/t40-,41-,44-,45?,46?,47+/m1/s1. The fourth-order valence-electron chi connectivity index (χ4n) is 6.48. The maximum atomic E-state index is 12.8. The highest BCUT2D eigenvalue weighted by atomic mass is 32.2. The first-order chi connectivity index (χ1) is 29.0. The van der Waals surface area contributed by atoms with Crippen LogP contribution in [0.1, 0.15) is 168 Å². The van der Waals surface area contributed by atoms with Crippen LogP contribution in [0.2, 0.25) is 0 Å². The van der Waals surface area contributed by atoms with Gasteiger partial charge in [0, 0.05) is 12.8 Å². The predicted molar refractivity (Wildman–Crippen MR) is 238 cm³/mol. The Morgan fingerprint density at radius 1 is 0.567 bits per heavy atom. The second kappa shape index (κ2) is 37.0. The summed E-state index contributed by atoms with van der Waals surface area (Å²) >= 11 is 0. The molecule has 1 fully saturated rings. The molecule has 2 unspecified atom stereocenters. The van der Waals surface area contributed by atoms with Gasteiger partial charge < -0.3 is 34.3 Å². The van der Waals surface area contributed by atoms with E-state index in [0.717, 1.165) is 70.6 Å². The van der Waals surface area contributed by atoms with Gasteiger partial charge in [0.05, 0.1) is 6.61 Å². The Morgan fingerprint density at radius 2 is 1.03 bits per heavy atom. The zero-order valence-electron chi connectivity index (χ0n) is 36.8. The molecular weight excluding hydrogens is 789 g/mol. The van der Waals surface area contributed by atoms with E-state index in [0.29, 0.717) is 12.8 Å². The maximum Gasteiger partial charge on any atom is 0.306 e. The fraction of sp³-hybridized carbons (Fsp3) is 0.745. The molecule has 1 aliphatic rings. The van der Waals surface area contributed by atoms with E-state index in [1.807, 2.05) is 0 Å². The molecule has 1 aliphatic heterocycles. The zero-order chi connectivity index (χ0) is 44.1. The van der Waals surface area contributed by atoms with Crippen LogP contribution in [0.15, 0.2) is 60.8 Å². The minimum absolute atomic E-state index is 0.124. The lowest BCUT2D eigenvalue weighted by Crippen LogP contribution is -2.60. The Morgan fingerprint density at radius 3 is 1.58 bits per heavy atom. The molecule has 13 heteroatoms. The van der Waals surface area contributed by atoms with Gasteiger partial charge >= 0.3 is 11.9 Å². The topological polar surface area (TPSA) is 186 Å². The van der Waals surface area contributed by atoms with Crippen LogP contribution in [0.3, 0.4) is 0 Å². The third-order valence-corrected chi connectivity index (χ3v) is 10.8. The first-order valence-corrected chi connectivity index (χ1v) is 24.5. The maximum absolute atomic E-state index is 12.8. The van der Waals surface area contributed by atoms with Crippen LogP contribution >= 0.6 is 0 Å². The van der Waals surface area contributed by atoms with Gasteiger partial charge in [0.15, 0.2) is 12.4 Å². The van der Waals surface area contributed by atoms with Crippen LogP contribution in [-0.4, -0.2) is 96.0 Å². The summed E-state index contributed by atoms with van der Waals surface area (Å²) in [6.07, 6.45) is 35.4. The van der Waals surface area contributed by atoms with E-state index in [2.05, 4.69) is 74.6 Å². The molecule has 0 aromatic carbocycles. The Bertz CT molecular complexity index is 1340.